The van der Waals surface area contributed by atoms with Gasteiger partial charge in [0.05, 0.1) is 23.4 Å². The summed E-state index contributed by atoms with van der Waals surface area (Å²) in [5.74, 6) is -3.21. The maximum Gasteiger partial charge on any atom is 0.323 e. The summed E-state index contributed by atoms with van der Waals surface area (Å²) in [4.78, 5) is 37.3. The van der Waals surface area contributed by atoms with Gasteiger partial charge in [0.25, 0.3) is 11.8 Å². The van der Waals surface area contributed by atoms with Crippen molar-refractivity contribution in [2.75, 3.05) is 6.54 Å². The molecule has 30 heavy (non-hydrogen) atoms. The molecule has 10 heteroatoms. The van der Waals surface area contributed by atoms with Crippen molar-refractivity contribution in [3.8, 4) is 0 Å². The number of sulfonamides is 1. The molecule has 0 saturated carbocycles. The third-order valence-electron chi connectivity index (χ3n) is 4.74. The van der Waals surface area contributed by atoms with Crippen molar-refractivity contribution in [3.05, 3.63) is 70.6 Å². The van der Waals surface area contributed by atoms with Crippen LogP contribution in [-0.4, -0.2) is 48.8 Å². The Balaban J connectivity index is 1.51. The van der Waals surface area contributed by atoms with Gasteiger partial charge in [-0.2, -0.15) is 4.72 Å². The maximum atomic E-state index is 12.6. The normalized spacial score (nSPS) is 14.9. The van der Waals surface area contributed by atoms with Crippen LogP contribution in [0.2, 0.25) is 0 Å². The molecular formula is C20H16N2O6S2. The van der Waals surface area contributed by atoms with Gasteiger partial charge in [-0.1, -0.05) is 18.2 Å². The van der Waals surface area contributed by atoms with Gasteiger partial charge in [0.1, 0.15) is 6.04 Å². The second-order valence-electron chi connectivity index (χ2n) is 6.83. The van der Waals surface area contributed by atoms with Gasteiger partial charge >= 0.3 is 5.97 Å². The van der Waals surface area contributed by atoms with Crippen LogP contribution in [-0.2, 0) is 20.6 Å². The molecule has 1 aliphatic rings. The van der Waals surface area contributed by atoms with Gasteiger partial charge in [0, 0.05) is 4.70 Å². The number of rotatable bonds is 7. The van der Waals surface area contributed by atoms with Crippen LogP contribution >= 0.6 is 11.3 Å². The summed E-state index contributed by atoms with van der Waals surface area (Å²) in [6, 6.07) is 11.5. The average molecular weight is 444 g/mol. The largest absolute Gasteiger partial charge is 0.480 e. The van der Waals surface area contributed by atoms with E-state index in [1.165, 1.54) is 23.5 Å². The molecule has 1 unspecified atom stereocenters. The third-order valence-corrected chi connectivity index (χ3v) is 6.99. The van der Waals surface area contributed by atoms with E-state index in [1.807, 2.05) is 11.4 Å². The maximum absolute atomic E-state index is 12.6. The van der Waals surface area contributed by atoms with Crippen molar-refractivity contribution in [1.82, 2.24) is 9.62 Å². The zero-order chi connectivity index (χ0) is 21.5. The fourth-order valence-corrected chi connectivity index (χ4v) is 5.42. The van der Waals surface area contributed by atoms with E-state index < -0.39 is 46.1 Å². The molecule has 3 aromatic rings. The minimum atomic E-state index is -4.05. The minimum Gasteiger partial charge on any atom is -0.480 e. The number of benzene rings is 2. The summed E-state index contributed by atoms with van der Waals surface area (Å²) in [5.41, 5.74) is 0.829. The number of nitrogens with zero attached hydrogens (tertiary/aromatic N) is 1. The van der Waals surface area contributed by atoms with Gasteiger partial charge in [-0.25, -0.2) is 8.42 Å². The Morgan fingerprint density at radius 1 is 1.07 bits per heavy atom. The number of carbonyl (C=O) groups excluding carboxylic acids is 2. The Morgan fingerprint density at radius 3 is 2.37 bits per heavy atom. The number of imide groups is 1. The molecule has 0 fully saturated rings. The average Bonchev–Trinajstić information content (AvgIpc) is 3.25. The molecule has 2 N–H and O–H groups in total. The predicted molar refractivity (Wildman–Crippen MR) is 111 cm³/mol. The molecule has 2 amide bonds. The number of carboxylic acids is 1. The summed E-state index contributed by atoms with van der Waals surface area (Å²) in [5, 5.41) is 12.3. The van der Waals surface area contributed by atoms with E-state index >= 15 is 0 Å². The first-order chi connectivity index (χ1) is 14.2. The Labute approximate surface area is 175 Å². The molecule has 2 aromatic carbocycles. The molecule has 1 atom stereocenters. The van der Waals surface area contributed by atoms with Crippen LogP contribution in [0.1, 0.15) is 26.3 Å². The molecule has 0 bridgehead atoms. The van der Waals surface area contributed by atoms with Crippen LogP contribution < -0.4 is 4.72 Å². The number of hydrogen-bond donors (Lipinski definition) is 2. The number of thiophene rings is 1. The molecule has 0 aliphatic carbocycles. The van der Waals surface area contributed by atoms with Crippen LogP contribution in [0.15, 0.2) is 53.9 Å². The van der Waals surface area contributed by atoms with Crippen LogP contribution in [0.5, 0.6) is 0 Å². The number of carbonyl (C=O) groups is 3. The molecule has 1 aliphatic heterocycles. The molecule has 0 radical (unpaired) electrons. The van der Waals surface area contributed by atoms with Crippen molar-refractivity contribution >= 4 is 49.2 Å². The predicted octanol–water partition coefficient (Wildman–Crippen LogP) is 2.07. The highest BCUT2D eigenvalue weighted by atomic mass is 32.2. The lowest BCUT2D eigenvalue weighted by atomic mass is 10.1. The van der Waals surface area contributed by atoms with E-state index in [9.17, 15) is 27.9 Å². The molecule has 8 nitrogen and oxygen atoms in total. The monoisotopic (exact) mass is 444 g/mol. The number of aliphatic carboxylic acids is 1. The van der Waals surface area contributed by atoms with E-state index in [1.54, 1.807) is 30.3 Å². The van der Waals surface area contributed by atoms with Crippen LogP contribution in [0, 0.1) is 0 Å². The standard InChI is InChI=1S/C20H16N2O6S2/c23-18-14-3-1-2-4-15(14)19(24)22(18)10-16(20(25)26)21-30(27,28)11-12-5-6-17-13(9-12)7-8-29-17/h1-9,16,21H,10-11H2,(H,25,26). The zero-order valence-corrected chi connectivity index (χ0v) is 17.1. The van der Waals surface area contributed by atoms with Crippen molar-refractivity contribution < 1.29 is 27.9 Å². The van der Waals surface area contributed by atoms with E-state index in [2.05, 4.69) is 4.72 Å². The van der Waals surface area contributed by atoms with Crippen LogP contribution in [0.4, 0.5) is 0 Å². The summed E-state index contributed by atoms with van der Waals surface area (Å²) >= 11 is 1.53. The molecule has 2 heterocycles. The Kier molecular flexibility index (Phi) is 5.14. The number of nitrogens with one attached hydrogen (secondary N) is 1. The topological polar surface area (TPSA) is 121 Å². The summed E-state index contributed by atoms with van der Waals surface area (Å²) < 4.78 is 28.3. The summed E-state index contributed by atoms with van der Waals surface area (Å²) in [7, 11) is -4.05. The summed E-state index contributed by atoms with van der Waals surface area (Å²) in [6.45, 7) is -0.607. The van der Waals surface area contributed by atoms with E-state index in [4.69, 9.17) is 0 Å². The van der Waals surface area contributed by atoms with Crippen molar-refractivity contribution in [3.63, 3.8) is 0 Å². The molecule has 0 spiro atoms. The number of hydrogen-bond acceptors (Lipinski definition) is 6. The van der Waals surface area contributed by atoms with Crippen molar-refractivity contribution in [2.24, 2.45) is 0 Å². The number of carboxylic acid groups (broad SMARTS) is 1. The third kappa shape index (κ3) is 3.84. The van der Waals surface area contributed by atoms with Crippen molar-refractivity contribution in [1.29, 1.82) is 0 Å². The highest BCUT2D eigenvalue weighted by Crippen LogP contribution is 2.24. The zero-order valence-electron chi connectivity index (χ0n) is 15.4. The fraction of sp³-hybridized carbons (Fsp3) is 0.150. The lowest BCUT2D eigenvalue weighted by Gasteiger charge is -2.20. The lowest BCUT2D eigenvalue weighted by molar-refractivity contribution is -0.139. The molecular weight excluding hydrogens is 428 g/mol. The number of amides is 2. The first-order valence-electron chi connectivity index (χ1n) is 8.89. The van der Waals surface area contributed by atoms with Gasteiger partial charge in [-0.05, 0) is 46.7 Å². The second kappa shape index (κ2) is 7.63. The molecule has 4 rings (SSSR count). The lowest BCUT2D eigenvalue weighted by Crippen LogP contribution is -2.50. The van der Waals surface area contributed by atoms with Crippen molar-refractivity contribution in [2.45, 2.75) is 11.8 Å². The summed E-state index contributed by atoms with van der Waals surface area (Å²) in [6.07, 6.45) is 0. The first kappa shape index (κ1) is 20.2. The Bertz CT molecular complexity index is 1250. The SMILES string of the molecule is O=C(O)C(CN1C(=O)c2ccccc2C1=O)NS(=O)(=O)Cc1ccc2sccc2c1. The van der Waals surface area contributed by atoms with Crippen LogP contribution in [0.25, 0.3) is 10.1 Å². The Morgan fingerprint density at radius 2 is 1.73 bits per heavy atom. The van der Waals surface area contributed by atoms with Gasteiger partial charge in [0.2, 0.25) is 10.0 Å². The fourth-order valence-electron chi connectivity index (χ4n) is 3.34. The van der Waals surface area contributed by atoms with E-state index in [-0.39, 0.29) is 11.1 Å². The van der Waals surface area contributed by atoms with E-state index in [0.29, 0.717) is 5.56 Å². The second-order valence-corrected chi connectivity index (χ2v) is 9.53. The van der Waals surface area contributed by atoms with Gasteiger partial charge in [0.15, 0.2) is 0 Å². The quantitative estimate of drug-likeness (QED) is 0.538. The van der Waals surface area contributed by atoms with Gasteiger partial charge in [-0.15, -0.1) is 11.3 Å². The van der Waals surface area contributed by atoms with Gasteiger partial charge in [-0.3, -0.25) is 19.3 Å². The first-order valence-corrected chi connectivity index (χ1v) is 11.4. The highest BCUT2D eigenvalue weighted by Gasteiger charge is 2.38. The van der Waals surface area contributed by atoms with Crippen LogP contribution in [0.3, 0.4) is 0 Å². The van der Waals surface area contributed by atoms with E-state index in [0.717, 1.165) is 15.0 Å². The smallest absolute Gasteiger partial charge is 0.323 e. The Hall–Kier alpha value is -3.08. The molecule has 1 aromatic heterocycles. The highest BCUT2D eigenvalue weighted by molar-refractivity contribution is 7.88. The molecule has 0 saturated heterocycles. The molecule has 154 valence electrons. The van der Waals surface area contributed by atoms with Gasteiger partial charge < -0.3 is 5.11 Å². The minimum absolute atomic E-state index is 0.165. The number of fused-ring (bicyclic) bond motifs is 2.